The molecule has 1 atom stereocenters. The molecule has 1 aliphatic rings. The van der Waals surface area contributed by atoms with Crippen LogP contribution in [0.2, 0.25) is 0 Å². The summed E-state index contributed by atoms with van der Waals surface area (Å²) >= 11 is 0. The Bertz CT molecular complexity index is 648. The van der Waals surface area contributed by atoms with E-state index in [2.05, 4.69) is 0 Å². The first kappa shape index (κ1) is 15.9. The molecule has 1 amide bonds. The van der Waals surface area contributed by atoms with Crippen LogP contribution in [0.1, 0.15) is 29.6 Å². The Kier molecular flexibility index (Phi) is 4.60. The number of nitrogens with zero attached hydrogens (tertiary/aromatic N) is 1. The molecule has 21 heavy (non-hydrogen) atoms. The standard InChI is InChI=1S/C13H18FN3O3S/c14-12-4-3-10(21(16,19)20)8-11(12)13(18)17-6-1-2-9(15)5-7-17/h3-4,8-9H,1-2,5-7,15H2,(H2,16,19,20). The van der Waals surface area contributed by atoms with Gasteiger partial charge in [-0.05, 0) is 37.5 Å². The van der Waals surface area contributed by atoms with Gasteiger partial charge in [-0.2, -0.15) is 0 Å². The molecule has 1 saturated heterocycles. The topological polar surface area (TPSA) is 106 Å². The highest BCUT2D eigenvalue weighted by molar-refractivity contribution is 7.89. The third-order valence-electron chi connectivity index (χ3n) is 3.56. The number of benzene rings is 1. The van der Waals surface area contributed by atoms with E-state index in [4.69, 9.17) is 10.9 Å². The number of halogens is 1. The average molecular weight is 315 g/mol. The zero-order valence-corrected chi connectivity index (χ0v) is 12.3. The van der Waals surface area contributed by atoms with Gasteiger partial charge in [-0.1, -0.05) is 0 Å². The van der Waals surface area contributed by atoms with Crippen molar-refractivity contribution < 1.29 is 17.6 Å². The number of rotatable bonds is 2. The van der Waals surface area contributed by atoms with Crippen molar-refractivity contribution >= 4 is 15.9 Å². The van der Waals surface area contributed by atoms with Gasteiger partial charge in [0.05, 0.1) is 10.5 Å². The van der Waals surface area contributed by atoms with Crippen LogP contribution in [0.15, 0.2) is 23.1 Å². The first-order valence-corrected chi connectivity index (χ1v) is 8.21. The average Bonchev–Trinajstić information content (AvgIpc) is 2.62. The van der Waals surface area contributed by atoms with Crippen molar-refractivity contribution in [1.29, 1.82) is 0 Å². The number of sulfonamides is 1. The predicted octanol–water partition coefficient (Wildman–Crippen LogP) is 0.427. The Hall–Kier alpha value is -1.51. The summed E-state index contributed by atoms with van der Waals surface area (Å²) in [7, 11) is -3.98. The molecule has 116 valence electrons. The van der Waals surface area contributed by atoms with Crippen molar-refractivity contribution in [3.63, 3.8) is 0 Å². The molecular formula is C13H18FN3O3S. The zero-order chi connectivity index (χ0) is 15.6. The minimum atomic E-state index is -3.98. The maximum absolute atomic E-state index is 13.8. The summed E-state index contributed by atoms with van der Waals surface area (Å²) in [5.74, 6) is -1.30. The van der Waals surface area contributed by atoms with Crippen molar-refractivity contribution in [2.75, 3.05) is 13.1 Å². The van der Waals surface area contributed by atoms with E-state index >= 15 is 0 Å². The van der Waals surface area contributed by atoms with Gasteiger partial charge in [0.1, 0.15) is 5.82 Å². The monoisotopic (exact) mass is 315 g/mol. The summed E-state index contributed by atoms with van der Waals surface area (Å²) in [6.07, 6.45) is 2.19. The lowest BCUT2D eigenvalue weighted by atomic mass is 10.1. The number of primary sulfonamides is 1. The lowest BCUT2D eigenvalue weighted by Crippen LogP contribution is -2.33. The number of likely N-dealkylation sites (tertiary alicyclic amines) is 1. The molecule has 8 heteroatoms. The van der Waals surface area contributed by atoms with Gasteiger partial charge in [-0.25, -0.2) is 17.9 Å². The molecule has 0 saturated carbocycles. The lowest BCUT2D eigenvalue weighted by molar-refractivity contribution is 0.0756. The summed E-state index contributed by atoms with van der Waals surface area (Å²) in [6.45, 7) is 0.907. The first-order chi connectivity index (χ1) is 9.79. The van der Waals surface area contributed by atoms with Crippen molar-refractivity contribution in [2.24, 2.45) is 10.9 Å². The smallest absolute Gasteiger partial charge is 0.256 e. The van der Waals surface area contributed by atoms with Crippen molar-refractivity contribution in [1.82, 2.24) is 4.90 Å². The minimum Gasteiger partial charge on any atom is -0.338 e. The summed E-state index contributed by atoms with van der Waals surface area (Å²) in [5.41, 5.74) is 5.56. The van der Waals surface area contributed by atoms with Crippen LogP contribution in [0.25, 0.3) is 0 Å². The molecule has 1 aromatic carbocycles. The second-order valence-electron chi connectivity index (χ2n) is 5.17. The van der Waals surface area contributed by atoms with E-state index in [1.165, 1.54) is 4.90 Å². The molecule has 2 rings (SSSR count). The van der Waals surface area contributed by atoms with Crippen LogP contribution in [0.5, 0.6) is 0 Å². The number of hydrogen-bond acceptors (Lipinski definition) is 4. The quantitative estimate of drug-likeness (QED) is 0.825. The Balaban J connectivity index is 2.30. The number of hydrogen-bond donors (Lipinski definition) is 2. The molecule has 4 N–H and O–H groups in total. The van der Waals surface area contributed by atoms with Gasteiger partial charge in [0.2, 0.25) is 10.0 Å². The fraction of sp³-hybridized carbons (Fsp3) is 0.462. The van der Waals surface area contributed by atoms with Crippen molar-refractivity contribution in [3.8, 4) is 0 Å². The second-order valence-corrected chi connectivity index (χ2v) is 6.73. The molecule has 1 fully saturated rings. The van der Waals surface area contributed by atoms with Crippen LogP contribution < -0.4 is 10.9 Å². The van der Waals surface area contributed by atoms with E-state index in [-0.39, 0.29) is 16.5 Å². The van der Waals surface area contributed by atoms with E-state index in [1.807, 2.05) is 0 Å². The van der Waals surface area contributed by atoms with Crippen LogP contribution in [0.3, 0.4) is 0 Å². The summed E-state index contributed by atoms with van der Waals surface area (Å²) < 4.78 is 36.4. The predicted molar refractivity (Wildman–Crippen MR) is 75.5 cm³/mol. The summed E-state index contributed by atoms with van der Waals surface area (Å²) in [6, 6.07) is 3.00. The molecule has 1 aliphatic heterocycles. The van der Waals surface area contributed by atoms with Gasteiger partial charge in [0.25, 0.3) is 5.91 Å². The fourth-order valence-corrected chi connectivity index (χ4v) is 2.88. The van der Waals surface area contributed by atoms with E-state index in [1.54, 1.807) is 0 Å². The zero-order valence-electron chi connectivity index (χ0n) is 11.5. The largest absolute Gasteiger partial charge is 0.338 e. The number of nitrogens with two attached hydrogens (primary N) is 2. The van der Waals surface area contributed by atoms with Crippen LogP contribution in [-0.2, 0) is 10.0 Å². The fourth-order valence-electron chi connectivity index (χ4n) is 2.34. The number of carbonyl (C=O) groups excluding carboxylic acids is 1. The highest BCUT2D eigenvalue weighted by atomic mass is 32.2. The Morgan fingerprint density at radius 2 is 2.00 bits per heavy atom. The van der Waals surface area contributed by atoms with Gasteiger partial charge in [0.15, 0.2) is 0 Å². The van der Waals surface area contributed by atoms with Crippen molar-refractivity contribution in [3.05, 3.63) is 29.6 Å². The SMILES string of the molecule is NC1CCCN(C(=O)c2cc(S(N)(=O)=O)ccc2F)CC1. The normalized spacial score (nSPS) is 20.1. The highest BCUT2D eigenvalue weighted by Gasteiger charge is 2.23. The lowest BCUT2D eigenvalue weighted by Gasteiger charge is -2.21. The molecule has 0 aliphatic carbocycles. The van der Waals surface area contributed by atoms with Gasteiger partial charge in [-0.15, -0.1) is 0 Å². The summed E-state index contributed by atoms with van der Waals surface area (Å²) in [4.78, 5) is 13.6. The second kappa shape index (κ2) is 6.08. The van der Waals surface area contributed by atoms with E-state index in [0.717, 1.165) is 31.0 Å². The molecule has 0 spiro atoms. The van der Waals surface area contributed by atoms with Gasteiger partial charge < -0.3 is 10.6 Å². The number of amides is 1. The van der Waals surface area contributed by atoms with Gasteiger partial charge in [0, 0.05) is 19.1 Å². The Morgan fingerprint density at radius 1 is 1.29 bits per heavy atom. The van der Waals surface area contributed by atoms with E-state index in [9.17, 15) is 17.6 Å². The van der Waals surface area contributed by atoms with Crippen LogP contribution in [0.4, 0.5) is 4.39 Å². The molecule has 0 radical (unpaired) electrons. The molecule has 6 nitrogen and oxygen atoms in total. The van der Waals surface area contributed by atoms with Gasteiger partial charge in [-0.3, -0.25) is 4.79 Å². The molecule has 1 aromatic rings. The number of carbonyl (C=O) groups is 1. The minimum absolute atomic E-state index is 0.0309. The van der Waals surface area contributed by atoms with E-state index in [0.29, 0.717) is 19.5 Å². The molecule has 0 bridgehead atoms. The summed E-state index contributed by atoms with van der Waals surface area (Å²) in [5, 5.41) is 5.01. The molecule has 0 aromatic heterocycles. The third kappa shape index (κ3) is 3.78. The Labute approximate surface area is 123 Å². The maximum Gasteiger partial charge on any atom is 0.256 e. The maximum atomic E-state index is 13.8. The van der Waals surface area contributed by atoms with Crippen LogP contribution >= 0.6 is 0 Å². The van der Waals surface area contributed by atoms with Crippen LogP contribution in [-0.4, -0.2) is 38.4 Å². The molecule has 1 unspecified atom stereocenters. The van der Waals surface area contributed by atoms with Crippen LogP contribution in [0, 0.1) is 5.82 Å². The van der Waals surface area contributed by atoms with Gasteiger partial charge >= 0.3 is 0 Å². The van der Waals surface area contributed by atoms with E-state index < -0.39 is 21.7 Å². The highest BCUT2D eigenvalue weighted by Crippen LogP contribution is 2.18. The molecular weight excluding hydrogens is 297 g/mol. The first-order valence-electron chi connectivity index (χ1n) is 6.66. The Morgan fingerprint density at radius 3 is 2.67 bits per heavy atom. The third-order valence-corrected chi connectivity index (χ3v) is 4.47. The van der Waals surface area contributed by atoms with Crippen molar-refractivity contribution in [2.45, 2.75) is 30.2 Å². The molecule has 1 heterocycles.